The number of alkyl halides is 3. The number of hydrogen-bond donors (Lipinski definition) is 1. The molecule has 10 heteroatoms. The number of anilines is 2. The van der Waals surface area contributed by atoms with Crippen molar-refractivity contribution in [3.05, 3.63) is 102 Å². The molecule has 3 heterocycles. The first kappa shape index (κ1) is 22.3. The zero-order valence-electron chi connectivity index (χ0n) is 18.1. The van der Waals surface area contributed by atoms with Gasteiger partial charge in [-0.1, -0.05) is 12.1 Å². The number of furan rings is 1. The van der Waals surface area contributed by atoms with E-state index in [1.165, 1.54) is 42.5 Å². The molecule has 0 atom stereocenters. The maximum absolute atomic E-state index is 13.3. The molecular weight excluding hydrogens is 463 g/mol. The Kier molecular flexibility index (Phi) is 5.56. The van der Waals surface area contributed by atoms with Crippen molar-refractivity contribution in [3.63, 3.8) is 0 Å². The normalized spacial score (nSPS) is 12.9. The molecule has 0 saturated heterocycles. The molecule has 2 aromatic carbocycles. The molecule has 0 bridgehead atoms. The Balaban J connectivity index is 1.34. The lowest BCUT2D eigenvalue weighted by atomic mass is 10.1. The highest BCUT2D eigenvalue weighted by Crippen LogP contribution is 2.31. The molecule has 2 amide bonds. The minimum atomic E-state index is -4.93. The Hall–Kier alpha value is -4.47. The van der Waals surface area contributed by atoms with E-state index in [1.807, 2.05) is 29.0 Å². The van der Waals surface area contributed by atoms with Crippen LogP contribution in [0.25, 0.3) is 0 Å². The van der Waals surface area contributed by atoms with Crippen LogP contribution in [0.1, 0.15) is 32.0 Å². The van der Waals surface area contributed by atoms with Crippen molar-refractivity contribution in [3.8, 4) is 5.75 Å². The molecule has 0 spiro atoms. The van der Waals surface area contributed by atoms with Gasteiger partial charge in [-0.05, 0) is 54.6 Å². The molecule has 0 aliphatic carbocycles. The summed E-state index contributed by atoms with van der Waals surface area (Å²) in [5.74, 6) is -1.21. The molecule has 1 N–H and O–H groups in total. The first-order chi connectivity index (χ1) is 16.8. The van der Waals surface area contributed by atoms with Crippen molar-refractivity contribution in [2.75, 3.05) is 10.2 Å². The summed E-state index contributed by atoms with van der Waals surface area (Å²) in [4.78, 5) is 27.4. The minimum absolute atomic E-state index is 0.275. The number of carbonyl (C=O) groups is 2. The highest BCUT2D eigenvalue weighted by atomic mass is 19.4. The molecule has 1 aliphatic rings. The third-order valence-corrected chi connectivity index (χ3v) is 5.55. The molecule has 0 radical (unpaired) electrons. The van der Waals surface area contributed by atoms with E-state index in [2.05, 4.69) is 10.1 Å². The second kappa shape index (κ2) is 8.71. The molecule has 7 nitrogen and oxygen atoms in total. The van der Waals surface area contributed by atoms with Gasteiger partial charge in [0.25, 0.3) is 11.8 Å². The van der Waals surface area contributed by atoms with E-state index in [4.69, 9.17) is 4.42 Å². The lowest BCUT2D eigenvalue weighted by Crippen LogP contribution is -2.30. The summed E-state index contributed by atoms with van der Waals surface area (Å²) in [5, 5.41) is 2.53. The van der Waals surface area contributed by atoms with Crippen LogP contribution in [-0.4, -0.2) is 22.7 Å². The van der Waals surface area contributed by atoms with Gasteiger partial charge in [-0.2, -0.15) is 0 Å². The van der Waals surface area contributed by atoms with Gasteiger partial charge in [-0.15, -0.1) is 13.2 Å². The summed E-state index contributed by atoms with van der Waals surface area (Å²) in [7, 11) is 0. The van der Waals surface area contributed by atoms with Crippen LogP contribution in [0.15, 0.2) is 83.6 Å². The van der Waals surface area contributed by atoms with E-state index in [1.54, 1.807) is 11.2 Å². The van der Waals surface area contributed by atoms with Gasteiger partial charge in [0.1, 0.15) is 5.75 Å². The maximum Gasteiger partial charge on any atom is 0.573 e. The zero-order valence-corrected chi connectivity index (χ0v) is 18.1. The number of fused-ring (bicyclic) bond motifs is 2. The van der Waals surface area contributed by atoms with Crippen molar-refractivity contribution < 1.29 is 31.9 Å². The predicted octanol–water partition coefficient (Wildman–Crippen LogP) is 5.44. The van der Waals surface area contributed by atoms with Crippen molar-refractivity contribution in [2.45, 2.75) is 19.5 Å². The lowest BCUT2D eigenvalue weighted by molar-refractivity contribution is -0.274. The van der Waals surface area contributed by atoms with Crippen molar-refractivity contribution in [1.82, 2.24) is 4.57 Å². The Morgan fingerprint density at radius 2 is 1.71 bits per heavy atom. The van der Waals surface area contributed by atoms with Gasteiger partial charge in [0.15, 0.2) is 0 Å². The zero-order chi connectivity index (χ0) is 24.6. The highest BCUT2D eigenvalue weighted by Gasteiger charge is 2.33. The van der Waals surface area contributed by atoms with E-state index < -0.39 is 18.0 Å². The summed E-state index contributed by atoms with van der Waals surface area (Å²) < 4.78 is 49.5. The maximum atomic E-state index is 13.3. The Morgan fingerprint density at radius 1 is 0.943 bits per heavy atom. The van der Waals surface area contributed by atoms with E-state index in [0.29, 0.717) is 30.2 Å². The molecule has 0 unspecified atom stereocenters. The van der Waals surface area contributed by atoms with Gasteiger partial charge in [0.05, 0.1) is 24.9 Å². The minimum Gasteiger partial charge on any atom is -0.448 e. The molecule has 0 saturated carbocycles. The standard InChI is InChI=1S/C25H18F3N3O4/c26-25(27,28)35-21-6-2-1-5-20(21)22(32)29-18-9-7-16(8-10-18)23(33)31-15-19-4-3-12-30(19)14-17-11-13-34-24(17)31/h1-13H,14-15H2,(H,29,32). The molecule has 4 aromatic rings. The van der Waals surface area contributed by atoms with Gasteiger partial charge in [0, 0.05) is 28.7 Å². The van der Waals surface area contributed by atoms with Gasteiger partial charge in [-0.25, -0.2) is 0 Å². The molecule has 2 aromatic heterocycles. The van der Waals surface area contributed by atoms with Crippen molar-refractivity contribution in [1.29, 1.82) is 0 Å². The monoisotopic (exact) mass is 481 g/mol. The van der Waals surface area contributed by atoms with Gasteiger partial charge in [0.2, 0.25) is 5.88 Å². The van der Waals surface area contributed by atoms with Crippen LogP contribution < -0.4 is 15.0 Å². The quantitative estimate of drug-likeness (QED) is 0.421. The number of carbonyl (C=O) groups excluding carboxylic acids is 2. The van der Waals surface area contributed by atoms with Crippen LogP contribution >= 0.6 is 0 Å². The third-order valence-electron chi connectivity index (χ3n) is 5.55. The van der Waals surface area contributed by atoms with Crippen LogP contribution in [0.4, 0.5) is 24.7 Å². The summed E-state index contributed by atoms with van der Waals surface area (Å²) >= 11 is 0. The number of halogens is 3. The lowest BCUT2D eigenvalue weighted by Gasteiger charge is -2.19. The van der Waals surface area contributed by atoms with E-state index in [-0.39, 0.29) is 11.5 Å². The van der Waals surface area contributed by atoms with Crippen LogP contribution in [-0.2, 0) is 13.1 Å². The molecule has 0 fully saturated rings. The smallest absolute Gasteiger partial charge is 0.448 e. The number of hydrogen-bond acceptors (Lipinski definition) is 4. The molecular formula is C25H18F3N3O4. The SMILES string of the molecule is O=C(Nc1ccc(C(=O)N2Cc3cccn3Cc3ccoc32)cc1)c1ccccc1OC(F)(F)F. The van der Waals surface area contributed by atoms with Crippen LogP contribution in [0.5, 0.6) is 5.75 Å². The number of rotatable bonds is 4. The largest absolute Gasteiger partial charge is 0.573 e. The Morgan fingerprint density at radius 3 is 2.49 bits per heavy atom. The number of nitrogens with one attached hydrogen (secondary N) is 1. The Labute approximate surface area is 197 Å². The number of ether oxygens (including phenoxy) is 1. The Bertz CT molecular complexity index is 1390. The van der Waals surface area contributed by atoms with Gasteiger partial charge in [-0.3, -0.25) is 14.5 Å². The fourth-order valence-electron chi connectivity index (χ4n) is 3.93. The average molecular weight is 481 g/mol. The van der Waals surface area contributed by atoms with E-state index in [0.717, 1.165) is 17.3 Å². The number of benzene rings is 2. The average Bonchev–Trinajstić information content (AvgIpc) is 3.44. The van der Waals surface area contributed by atoms with Crippen molar-refractivity contribution in [2.24, 2.45) is 0 Å². The summed E-state index contributed by atoms with van der Waals surface area (Å²) in [6.07, 6.45) is -1.45. The number of nitrogens with zero attached hydrogens (tertiary/aromatic N) is 2. The second-order valence-electron chi connectivity index (χ2n) is 7.85. The van der Waals surface area contributed by atoms with Crippen LogP contribution in [0.2, 0.25) is 0 Å². The molecule has 178 valence electrons. The summed E-state index contributed by atoms with van der Waals surface area (Å²) in [5.41, 5.74) is 2.20. The third kappa shape index (κ3) is 4.63. The first-order valence-corrected chi connectivity index (χ1v) is 10.6. The van der Waals surface area contributed by atoms with Gasteiger partial charge < -0.3 is 19.0 Å². The summed E-state index contributed by atoms with van der Waals surface area (Å²) in [6, 6.07) is 16.8. The molecule has 5 rings (SSSR count). The fourth-order valence-corrected chi connectivity index (χ4v) is 3.93. The van der Waals surface area contributed by atoms with Crippen molar-refractivity contribution >= 4 is 23.4 Å². The fraction of sp³-hybridized carbons (Fsp3) is 0.120. The number of amides is 2. The number of aromatic nitrogens is 1. The molecule has 35 heavy (non-hydrogen) atoms. The van der Waals surface area contributed by atoms with E-state index in [9.17, 15) is 22.8 Å². The molecule has 1 aliphatic heterocycles. The van der Waals surface area contributed by atoms with Gasteiger partial charge >= 0.3 is 6.36 Å². The van der Waals surface area contributed by atoms with Crippen LogP contribution in [0.3, 0.4) is 0 Å². The topological polar surface area (TPSA) is 76.7 Å². The summed E-state index contributed by atoms with van der Waals surface area (Å²) in [6.45, 7) is 0.906. The van der Waals surface area contributed by atoms with E-state index >= 15 is 0 Å². The predicted molar refractivity (Wildman–Crippen MR) is 120 cm³/mol. The van der Waals surface area contributed by atoms with Crippen LogP contribution in [0, 0.1) is 0 Å². The highest BCUT2D eigenvalue weighted by molar-refractivity contribution is 6.08. The number of para-hydroxylation sites is 1. The second-order valence-corrected chi connectivity index (χ2v) is 7.85. The first-order valence-electron chi connectivity index (χ1n) is 10.6.